The van der Waals surface area contributed by atoms with E-state index in [0.717, 1.165) is 20.8 Å². The fourth-order valence-electron chi connectivity index (χ4n) is 1.70. The van der Waals surface area contributed by atoms with E-state index in [4.69, 9.17) is 5.73 Å². The molecule has 2 aromatic heterocycles. The van der Waals surface area contributed by atoms with Crippen LogP contribution in [0.2, 0.25) is 0 Å². The molecule has 0 saturated carbocycles. The van der Waals surface area contributed by atoms with Crippen molar-refractivity contribution in [3.05, 3.63) is 40.9 Å². The maximum Gasteiger partial charge on any atom is 0.203 e. The molecule has 0 bridgehead atoms. The average Bonchev–Trinajstić information content (AvgIpc) is 3.05. The van der Waals surface area contributed by atoms with Gasteiger partial charge in [0.05, 0.1) is 5.69 Å². The zero-order valence-electron chi connectivity index (χ0n) is 10.7. The van der Waals surface area contributed by atoms with Crippen LogP contribution >= 0.6 is 34.4 Å². The zero-order chi connectivity index (χ0) is 13.9. The Morgan fingerprint density at radius 1 is 1.30 bits per heavy atom. The van der Waals surface area contributed by atoms with Gasteiger partial charge in [-0.2, -0.15) is 0 Å². The minimum atomic E-state index is 0.506. The van der Waals surface area contributed by atoms with Crippen LogP contribution in [-0.4, -0.2) is 15.2 Å². The first-order chi connectivity index (χ1) is 9.70. The van der Waals surface area contributed by atoms with Gasteiger partial charge in [-0.1, -0.05) is 46.9 Å². The number of thioether (sulfide) groups is 1. The van der Waals surface area contributed by atoms with Gasteiger partial charge in [-0.05, 0) is 13.0 Å². The standard InChI is InChI=1S/C13H12N4S3/c1-8-3-2-4-9(5-8)11-15-10(6-18-11)7-19-13-17-16-12(14)20-13/h2-6H,7H2,1H3,(H2,14,16). The molecule has 102 valence electrons. The molecule has 0 amide bonds. The van der Waals surface area contributed by atoms with Crippen LogP contribution in [0.3, 0.4) is 0 Å². The molecule has 0 aliphatic heterocycles. The highest BCUT2D eigenvalue weighted by Crippen LogP contribution is 2.30. The van der Waals surface area contributed by atoms with E-state index >= 15 is 0 Å². The summed E-state index contributed by atoms with van der Waals surface area (Å²) in [5, 5.41) is 11.4. The van der Waals surface area contributed by atoms with Crippen LogP contribution < -0.4 is 5.73 Å². The normalized spacial score (nSPS) is 10.8. The largest absolute Gasteiger partial charge is 0.374 e. The van der Waals surface area contributed by atoms with Crippen molar-refractivity contribution in [2.24, 2.45) is 0 Å². The van der Waals surface area contributed by atoms with E-state index in [9.17, 15) is 0 Å². The molecule has 0 aliphatic carbocycles. The summed E-state index contributed by atoms with van der Waals surface area (Å²) < 4.78 is 0.882. The summed E-state index contributed by atoms with van der Waals surface area (Å²) in [6.45, 7) is 2.09. The van der Waals surface area contributed by atoms with Gasteiger partial charge in [-0.3, -0.25) is 0 Å². The number of aryl methyl sites for hydroxylation is 1. The van der Waals surface area contributed by atoms with E-state index in [1.54, 1.807) is 23.1 Å². The predicted molar refractivity (Wildman–Crippen MR) is 86.2 cm³/mol. The molecule has 0 aliphatic rings. The van der Waals surface area contributed by atoms with Gasteiger partial charge in [0.15, 0.2) is 4.34 Å². The Labute approximate surface area is 129 Å². The topological polar surface area (TPSA) is 64.7 Å². The molecule has 7 heteroatoms. The van der Waals surface area contributed by atoms with E-state index in [1.165, 1.54) is 22.5 Å². The van der Waals surface area contributed by atoms with Crippen LogP contribution in [0.1, 0.15) is 11.3 Å². The van der Waals surface area contributed by atoms with Gasteiger partial charge in [-0.15, -0.1) is 21.5 Å². The second-order valence-corrected chi connectivity index (χ2v) is 7.30. The third-order valence-electron chi connectivity index (χ3n) is 2.58. The highest BCUT2D eigenvalue weighted by molar-refractivity contribution is 8.00. The molecular formula is C13H12N4S3. The molecule has 0 atom stereocenters. The number of nitrogens with two attached hydrogens (primary N) is 1. The molecule has 3 aromatic rings. The smallest absolute Gasteiger partial charge is 0.203 e. The van der Waals surface area contributed by atoms with Gasteiger partial charge in [0.25, 0.3) is 0 Å². The molecular weight excluding hydrogens is 308 g/mol. The Bertz CT molecular complexity index is 720. The quantitative estimate of drug-likeness (QED) is 0.740. The van der Waals surface area contributed by atoms with Gasteiger partial charge in [-0.25, -0.2) is 4.98 Å². The molecule has 2 heterocycles. The van der Waals surface area contributed by atoms with Crippen LogP contribution in [-0.2, 0) is 5.75 Å². The molecule has 0 unspecified atom stereocenters. The number of nitrogen functional groups attached to an aromatic ring is 1. The maximum atomic E-state index is 5.56. The average molecular weight is 320 g/mol. The second-order valence-electron chi connectivity index (χ2n) is 4.21. The summed E-state index contributed by atoms with van der Waals surface area (Å²) in [5.74, 6) is 0.789. The van der Waals surface area contributed by atoms with E-state index in [2.05, 4.69) is 51.8 Å². The molecule has 1 aromatic carbocycles. The van der Waals surface area contributed by atoms with Crippen LogP contribution in [0, 0.1) is 6.92 Å². The number of aromatic nitrogens is 3. The first-order valence-corrected chi connectivity index (χ1v) is 8.62. The van der Waals surface area contributed by atoms with Crippen molar-refractivity contribution in [2.75, 3.05) is 5.73 Å². The Morgan fingerprint density at radius 3 is 2.95 bits per heavy atom. The van der Waals surface area contributed by atoms with E-state index in [-0.39, 0.29) is 0 Å². The fraction of sp³-hybridized carbons (Fsp3) is 0.154. The third-order valence-corrected chi connectivity index (χ3v) is 5.44. The molecule has 0 saturated heterocycles. The minimum Gasteiger partial charge on any atom is -0.374 e. The van der Waals surface area contributed by atoms with E-state index in [0.29, 0.717) is 5.13 Å². The van der Waals surface area contributed by atoms with Crippen LogP contribution in [0.25, 0.3) is 10.6 Å². The lowest BCUT2D eigenvalue weighted by Gasteiger charge is -1.97. The van der Waals surface area contributed by atoms with Crippen molar-refractivity contribution in [3.8, 4) is 10.6 Å². The number of hydrogen-bond donors (Lipinski definition) is 1. The number of anilines is 1. The molecule has 2 N–H and O–H groups in total. The summed E-state index contributed by atoms with van der Waals surface area (Å²) in [6, 6.07) is 8.40. The monoisotopic (exact) mass is 320 g/mol. The Morgan fingerprint density at radius 2 is 2.20 bits per heavy atom. The first kappa shape index (κ1) is 13.5. The van der Waals surface area contributed by atoms with Gasteiger partial charge in [0.2, 0.25) is 5.13 Å². The van der Waals surface area contributed by atoms with E-state index in [1.807, 2.05) is 0 Å². The number of hydrogen-bond acceptors (Lipinski definition) is 7. The van der Waals surface area contributed by atoms with Crippen molar-refractivity contribution in [1.82, 2.24) is 15.2 Å². The lowest BCUT2D eigenvalue weighted by atomic mass is 10.1. The van der Waals surface area contributed by atoms with Crippen LogP contribution in [0.5, 0.6) is 0 Å². The lowest BCUT2D eigenvalue weighted by Crippen LogP contribution is -1.82. The molecule has 20 heavy (non-hydrogen) atoms. The summed E-state index contributed by atoms with van der Waals surface area (Å²) in [6.07, 6.45) is 0. The molecule has 0 fully saturated rings. The summed E-state index contributed by atoms with van der Waals surface area (Å²) >= 11 is 4.69. The van der Waals surface area contributed by atoms with Crippen molar-refractivity contribution < 1.29 is 0 Å². The second kappa shape index (κ2) is 5.90. The van der Waals surface area contributed by atoms with Gasteiger partial charge >= 0.3 is 0 Å². The lowest BCUT2D eigenvalue weighted by molar-refractivity contribution is 1.02. The molecule has 4 nitrogen and oxygen atoms in total. The van der Waals surface area contributed by atoms with Gasteiger partial charge in [0, 0.05) is 16.7 Å². The predicted octanol–water partition coefficient (Wildman–Crippen LogP) is 3.84. The Balaban J connectivity index is 1.70. The van der Waals surface area contributed by atoms with Crippen molar-refractivity contribution in [1.29, 1.82) is 0 Å². The van der Waals surface area contributed by atoms with Crippen LogP contribution in [0.15, 0.2) is 34.0 Å². The summed E-state index contributed by atoms with van der Waals surface area (Å²) in [4.78, 5) is 4.67. The molecule has 3 rings (SSSR count). The molecule has 0 radical (unpaired) electrons. The highest BCUT2D eigenvalue weighted by Gasteiger charge is 2.07. The molecule has 0 spiro atoms. The highest BCUT2D eigenvalue weighted by atomic mass is 32.2. The van der Waals surface area contributed by atoms with Gasteiger partial charge < -0.3 is 5.73 Å². The fourth-order valence-corrected chi connectivity index (χ4v) is 4.15. The number of rotatable bonds is 4. The summed E-state index contributed by atoms with van der Waals surface area (Å²) in [5.41, 5.74) is 9.04. The van der Waals surface area contributed by atoms with Crippen molar-refractivity contribution in [3.63, 3.8) is 0 Å². The minimum absolute atomic E-state index is 0.506. The van der Waals surface area contributed by atoms with Crippen LogP contribution in [0.4, 0.5) is 5.13 Å². The summed E-state index contributed by atoms with van der Waals surface area (Å²) in [7, 11) is 0. The third kappa shape index (κ3) is 3.17. The van der Waals surface area contributed by atoms with Gasteiger partial charge in [0.1, 0.15) is 5.01 Å². The van der Waals surface area contributed by atoms with Crippen molar-refractivity contribution in [2.45, 2.75) is 17.0 Å². The number of thiazole rings is 1. The van der Waals surface area contributed by atoms with Crippen molar-refractivity contribution >= 4 is 39.6 Å². The zero-order valence-corrected chi connectivity index (χ0v) is 13.2. The van der Waals surface area contributed by atoms with E-state index < -0.39 is 0 Å². The number of nitrogens with zero attached hydrogens (tertiary/aromatic N) is 3. The first-order valence-electron chi connectivity index (χ1n) is 5.94. The SMILES string of the molecule is Cc1cccc(-c2nc(CSc3nnc(N)s3)cs2)c1. The maximum absolute atomic E-state index is 5.56. The Kier molecular flexibility index (Phi) is 4.00. The number of benzene rings is 1. The Hall–Kier alpha value is -1.44.